The van der Waals surface area contributed by atoms with Gasteiger partial charge < -0.3 is 5.11 Å². The maximum Gasteiger partial charge on any atom is 0.357 e. The minimum absolute atomic E-state index is 0.0296. The normalized spacial score (nSPS) is 12.6. The van der Waals surface area contributed by atoms with Gasteiger partial charge in [0.15, 0.2) is 5.69 Å². The Morgan fingerprint density at radius 3 is 2.88 bits per heavy atom. The van der Waals surface area contributed by atoms with Crippen molar-refractivity contribution in [2.75, 3.05) is 0 Å². The molecule has 16 heavy (non-hydrogen) atoms. The van der Waals surface area contributed by atoms with Crippen molar-refractivity contribution >= 4 is 16.9 Å². The molecule has 4 heteroatoms. The van der Waals surface area contributed by atoms with Gasteiger partial charge in [-0.3, -0.25) is 4.68 Å². The quantitative estimate of drug-likeness (QED) is 0.802. The average molecular weight is 216 g/mol. The van der Waals surface area contributed by atoms with Crippen molar-refractivity contribution in [3.8, 4) is 0 Å². The van der Waals surface area contributed by atoms with E-state index in [-0.39, 0.29) is 11.7 Å². The second kappa shape index (κ2) is 3.81. The minimum atomic E-state index is -1.01. The van der Waals surface area contributed by atoms with Crippen LogP contribution in [0.5, 0.6) is 0 Å². The van der Waals surface area contributed by atoms with Gasteiger partial charge >= 0.3 is 5.97 Å². The van der Waals surface area contributed by atoms with Crippen LogP contribution < -0.4 is 0 Å². The third kappa shape index (κ3) is 1.48. The van der Waals surface area contributed by atoms with E-state index in [0.29, 0.717) is 5.39 Å². The number of allylic oxidation sites excluding steroid dienone is 1. The van der Waals surface area contributed by atoms with Crippen molar-refractivity contribution in [2.24, 2.45) is 0 Å². The summed E-state index contributed by atoms with van der Waals surface area (Å²) in [6.07, 6.45) is 1.73. The monoisotopic (exact) mass is 216 g/mol. The van der Waals surface area contributed by atoms with Gasteiger partial charge in [0.05, 0.1) is 11.6 Å². The number of rotatable bonds is 3. The van der Waals surface area contributed by atoms with Crippen LogP contribution in [0.25, 0.3) is 10.9 Å². The largest absolute Gasteiger partial charge is 0.476 e. The first-order chi connectivity index (χ1) is 7.65. The van der Waals surface area contributed by atoms with E-state index in [1.165, 1.54) is 0 Å². The number of aromatic carboxylic acids is 1. The van der Waals surface area contributed by atoms with E-state index in [0.717, 1.165) is 5.52 Å². The van der Waals surface area contributed by atoms with E-state index in [2.05, 4.69) is 11.7 Å². The number of carboxylic acid groups (broad SMARTS) is 1. The molecule has 0 saturated carbocycles. The van der Waals surface area contributed by atoms with Crippen LogP contribution in [0.15, 0.2) is 36.9 Å². The van der Waals surface area contributed by atoms with Crippen LogP contribution >= 0.6 is 0 Å². The number of carbonyl (C=O) groups is 1. The standard InChI is InChI=1S/C12H12N2O2/c1-3-8(2)14-10-7-5-4-6-9(10)11(13-14)12(15)16/h3-8H,1H2,2H3,(H,15,16). The van der Waals surface area contributed by atoms with Crippen molar-refractivity contribution in [1.82, 2.24) is 9.78 Å². The summed E-state index contributed by atoms with van der Waals surface area (Å²) in [4.78, 5) is 11.0. The Labute approximate surface area is 92.8 Å². The molecule has 1 aromatic heterocycles. The molecule has 0 spiro atoms. The van der Waals surface area contributed by atoms with Gasteiger partial charge in [0.25, 0.3) is 0 Å². The highest BCUT2D eigenvalue weighted by molar-refractivity contribution is 6.01. The molecule has 0 fully saturated rings. The predicted octanol–water partition coefficient (Wildman–Crippen LogP) is 2.48. The average Bonchev–Trinajstić information content (AvgIpc) is 2.67. The van der Waals surface area contributed by atoms with Crippen LogP contribution in [0.1, 0.15) is 23.5 Å². The number of aromatic nitrogens is 2. The fraction of sp³-hybridized carbons (Fsp3) is 0.167. The molecule has 1 aromatic carbocycles. The van der Waals surface area contributed by atoms with Gasteiger partial charge in [0.2, 0.25) is 0 Å². The predicted molar refractivity (Wildman–Crippen MR) is 61.6 cm³/mol. The second-order valence-electron chi connectivity index (χ2n) is 3.59. The molecule has 0 radical (unpaired) electrons. The van der Waals surface area contributed by atoms with Crippen molar-refractivity contribution in [1.29, 1.82) is 0 Å². The highest BCUT2D eigenvalue weighted by Crippen LogP contribution is 2.21. The van der Waals surface area contributed by atoms with Crippen LogP contribution in [0.3, 0.4) is 0 Å². The highest BCUT2D eigenvalue weighted by Gasteiger charge is 2.17. The fourth-order valence-electron chi connectivity index (χ4n) is 1.66. The summed E-state index contributed by atoms with van der Waals surface area (Å²) in [6.45, 7) is 5.60. The first-order valence-electron chi connectivity index (χ1n) is 4.98. The molecule has 0 saturated heterocycles. The van der Waals surface area contributed by atoms with Crippen LogP contribution in [-0.2, 0) is 0 Å². The molecule has 4 nitrogen and oxygen atoms in total. The maximum atomic E-state index is 11.0. The van der Waals surface area contributed by atoms with E-state index in [1.54, 1.807) is 22.9 Å². The van der Waals surface area contributed by atoms with E-state index in [1.807, 2.05) is 19.1 Å². The molecule has 2 rings (SSSR count). The van der Waals surface area contributed by atoms with Gasteiger partial charge in [-0.05, 0) is 13.0 Å². The number of hydrogen-bond donors (Lipinski definition) is 1. The minimum Gasteiger partial charge on any atom is -0.476 e. The number of hydrogen-bond acceptors (Lipinski definition) is 2. The number of nitrogens with zero attached hydrogens (tertiary/aromatic N) is 2. The lowest BCUT2D eigenvalue weighted by Crippen LogP contribution is -2.06. The summed E-state index contributed by atoms with van der Waals surface area (Å²) in [6, 6.07) is 7.26. The van der Waals surface area contributed by atoms with E-state index in [9.17, 15) is 4.79 Å². The maximum absolute atomic E-state index is 11.0. The van der Waals surface area contributed by atoms with E-state index >= 15 is 0 Å². The molecule has 0 aliphatic heterocycles. The summed E-state index contributed by atoms with van der Waals surface area (Å²) >= 11 is 0. The molecule has 0 aliphatic carbocycles. The number of para-hydroxylation sites is 1. The molecule has 2 aromatic rings. The zero-order valence-electron chi connectivity index (χ0n) is 8.92. The second-order valence-corrected chi connectivity index (χ2v) is 3.59. The number of benzene rings is 1. The van der Waals surface area contributed by atoms with Gasteiger partial charge in [-0.25, -0.2) is 4.79 Å². The Morgan fingerprint density at radius 1 is 1.56 bits per heavy atom. The number of fused-ring (bicyclic) bond motifs is 1. The first-order valence-corrected chi connectivity index (χ1v) is 4.98. The summed E-state index contributed by atoms with van der Waals surface area (Å²) < 4.78 is 1.67. The van der Waals surface area contributed by atoms with Crippen molar-refractivity contribution in [3.05, 3.63) is 42.6 Å². The van der Waals surface area contributed by atoms with Gasteiger partial charge in [-0.1, -0.05) is 24.3 Å². The summed E-state index contributed by atoms with van der Waals surface area (Å²) in [5, 5.41) is 13.8. The molecular formula is C12H12N2O2. The van der Waals surface area contributed by atoms with Crippen LogP contribution in [-0.4, -0.2) is 20.9 Å². The van der Waals surface area contributed by atoms with E-state index in [4.69, 9.17) is 5.11 Å². The molecule has 82 valence electrons. The SMILES string of the molecule is C=CC(C)n1nc(C(=O)O)c2ccccc21. The molecule has 1 N–H and O–H groups in total. The third-order valence-electron chi connectivity index (χ3n) is 2.54. The van der Waals surface area contributed by atoms with Crippen molar-refractivity contribution < 1.29 is 9.90 Å². The van der Waals surface area contributed by atoms with Crippen LogP contribution in [0, 0.1) is 0 Å². The topological polar surface area (TPSA) is 55.1 Å². The Hall–Kier alpha value is -2.10. The van der Waals surface area contributed by atoms with Gasteiger partial charge in [-0.2, -0.15) is 5.10 Å². The molecular weight excluding hydrogens is 204 g/mol. The molecule has 0 bridgehead atoms. The zero-order valence-corrected chi connectivity index (χ0v) is 8.92. The molecule has 1 atom stereocenters. The summed E-state index contributed by atoms with van der Waals surface area (Å²) in [7, 11) is 0. The van der Waals surface area contributed by atoms with Crippen molar-refractivity contribution in [2.45, 2.75) is 13.0 Å². The molecule has 1 heterocycles. The summed E-state index contributed by atoms with van der Waals surface area (Å²) in [5.74, 6) is -1.01. The van der Waals surface area contributed by atoms with Gasteiger partial charge in [0.1, 0.15) is 0 Å². The Bertz CT molecular complexity index is 557. The fourth-order valence-corrected chi connectivity index (χ4v) is 1.66. The lowest BCUT2D eigenvalue weighted by atomic mass is 10.2. The number of carboxylic acids is 1. The molecule has 0 aliphatic rings. The molecule has 1 unspecified atom stereocenters. The highest BCUT2D eigenvalue weighted by atomic mass is 16.4. The van der Waals surface area contributed by atoms with E-state index < -0.39 is 5.97 Å². The third-order valence-corrected chi connectivity index (χ3v) is 2.54. The smallest absolute Gasteiger partial charge is 0.357 e. The lowest BCUT2D eigenvalue weighted by Gasteiger charge is -2.07. The lowest BCUT2D eigenvalue weighted by molar-refractivity contribution is 0.0691. The summed E-state index contributed by atoms with van der Waals surface area (Å²) in [5.41, 5.74) is 0.900. The van der Waals surface area contributed by atoms with Gasteiger partial charge in [0, 0.05) is 5.39 Å². The Kier molecular flexibility index (Phi) is 2.48. The Balaban J connectivity index is 2.76. The van der Waals surface area contributed by atoms with Crippen LogP contribution in [0.4, 0.5) is 0 Å². The van der Waals surface area contributed by atoms with Crippen molar-refractivity contribution in [3.63, 3.8) is 0 Å². The zero-order chi connectivity index (χ0) is 11.7. The van der Waals surface area contributed by atoms with Gasteiger partial charge in [-0.15, -0.1) is 6.58 Å². The Morgan fingerprint density at radius 2 is 2.25 bits per heavy atom. The first kappa shape index (κ1) is 10.4. The molecule has 0 amide bonds. The van der Waals surface area contributed by atoms with Crippen LogP contribution in [0.2, 0.25) is 0 Å².